The molecule has 5 nitrogen and oxygen atoms in total. The number of carbonyl (C=O) groups is 1. The van der Waals surface area contributed by atoms with Gasteiger partial charge in [0.05, 0.1) is 0 Å². The number of aliphatic hydroxyl groups excluding tert-OH is 1. The minimum absolute atomic E-state index is 0.210. The van der Waals surface area contributed by atoms with E-state index in [-0.39, 0.29) is 5.91 Å². The first kappa shape index (κ1) is 18.3. The maximum atomic E-state index is 11.2. The van der Waals surface area contributed by atoms with Crippen LogP contribution in [0.1, 0.15) is 24.5 Å². The number of aliphatic hydroxyl groups is 1. The summed E-state index contributed by atoms with van der Waals surface area (Å²) in [6, 6.07) is 15.0. The van der Waals surface area contributed by atoms with Crippen molar-refractivity contribution in [1.82, 2.24) is 10.6 Å². The van der Waals surface area contributed by atoms with E-state index in [9.17, 15) is 9.90 Å². The van der Waals surface area contributed by atoms with Crippen LogP contribution in [0.3, 0.4) is 0 Å². The smallest absolute Gasteiger partial charge is 0.222 e. The average molecular weight is 349 g/mol. The quantitative estimate of drug-likeness (QED) is 0.641. The molecule has 6 heteroatoms. The van der Waals surface area contributed by atoms with Crippen molar-refractivity contribution in [3.05, 3.63) is 64.7 Å². The number of hydrogen-bond donors (Lipinski definition) is 3. The highest BCUT2D eigenvalue weighted by molar-refractivity contribution is 6.31. The molecule has 1 amide bonds. The van der Waals surface area contributed by atoms with Crippen LogP contribution in [-0.4, -0.2) is 17.4 Å². The van der Waals surface area contributed by atoms with Crippen LogP contribution in [0.4, 0.5) is 0 Å². The zero-order chi connectivity index (χ0) is 17.4. The number of nitrogens with one attached hydrogen (secondary N) is 2. The van der Waals surface area contributed by atoms with E-state index in [1.54, 1.807) is 6.92 Å². The predicted octanol–water partition coefficient (Wildman–Crippen LogP) is 2.81. The molecule has 0 aliphatic heterocycles. The molecule has 0 fully saturated rings. The lowest BCUT2D eigenvalue weighted by atomic mass is 10.2. The number of hydrogen-bond acceptors (Lipinski definition) is 4. The van der Waals surface area contributed by atoms with Gasteiger partial charge in [-0.05, 0) is 23.8 Å². The standard InChI is InChI=1S/C18H21ClN2O3/c1-2-17(22)21-18(23)20-11-13-7-9-15(10-8-13)24-12-14-5-3-4-6-16(14)19/h3-10,18,20,23H,2,11-12H2,1H3,(H,21,22). The Hall–Kier alpha value is -2.08. The molecule has 2 rings (SSSR count). The lowest BCUT2D eigenvalue weighted by molar-refractivity contribution is -0.124. The fraction of sp³-hybridized carbons (Fsp3) is 0.278. The van der Waals surface area contributed by atoms with Crippen LogP contribution in [-0.2, 0) is 17.9 Å². The number of halogens is 1. The van der Waals surface area contributed by atoms with Gasteiger partial charge in [-0.15, -0.1) is 0 Å². The van der Waals surface area contributed by atoms with Crippen molar-refractivity contribution in [3.63, 3.8) is 0 Å². The summed E-state index contributed by atoms with van der Waals surface area (Å²) in [5.41, 5.74) is 1.89. The zero-order valence-corrected chi connectivity index (χ0v) is 14.2. The molecule has 0 heterocycles. The molecule has 2 aromatic rings. The second-order valence-electron chi connectivity index (χ2n) is 5.23. The van der Waals surface area contributed by atoms with Gasteiger partial charge in [-0.1, -0.05) is 48.9 Å². The Bertz CT molecular complexity index is 662. The van der Waals surface area contributed by atoms with Gasteiger partial charge in [-0.25, -0.2) is 0 Å². The van der Waals surface area contributed by atoms with E-state index in [1.807, 2.05) is 48.5 Å². The number of carbonyl (C=O) groups excluding carboxylic acids is 1. The minimum Gasteiger partial charge on any atom is -0.489 e. The molecule has 24 heavy (non-hydrogen) atoms. The van der Waals surface area contributed by atoms with Crippen LogP contribution >= 0.6 is 11.6 Å². The third-order valence-corrected chi connectivity index (χ3v) is 3.76. The normalized spacial score (nSPS) is 11.8. The first-order chi connectivity index (χ1) is 11.6. The van der Waals surface area contributed by atoms with Crippen molar-refractivity contribution in [2.75, 3.05) is 0 Å². The monoisotopic (exact) mass is 348 g/mol. The minimum atomic E-state index is -1.06. The SMILES string of the molecule is CCC(=O)NC(O)NCc1ccc(OCc2ccccc2Cl)cc1. The van der Waals surface area contributed by atoms with Gasteiger partial charge in [0, 0.05) is 23.6 Å². The Morgan fingerprint density at radius 3 is 2.58 bits per heavy atom. The summed E-state index contributed by atoms with van der Waals surface area (Å²) in [5.74, 6) is 0.525. The Balaban J connectivity index is 1.80. The summed E-state index contributed by atoms with van der Waals surface area (Å²) < 4.78 is 5.71. The maximum absolute atomic E-state index is 11.2. The van der Waals surface area contributed by atoms with Gasteiger partial charge >= 0.3 is 0 Å². The van der Waals surface area contributed by atoms with Crippen LogP contribution < -0.4 is 15.4 Å². The lowest BCUT2D eigenvalue weighted by Crippen LogP contribution is -2.44. The highest BCUT2D eigenvalue weighted by atomic mass is 35.5. The fourth-order valence-electron chi connectivity index (χ4n) is 2.00. The third-order valence-electron chi connectivity index (χ3n) is 3.39. The largest absolute Gasteiger partial charge is 0.489 e. The molecule has 2 aromatic carbocycles. The molecule has 0 spiro atoms. The van der Waals surface area contributed by atoms with Crippen molar-refractivity contribution in [3.8, 4) is 5.75 Å². The van der Waals surface area contributed by atoms with E-state index in [2.05, 4.69) is 10.6 Å². The van der Waals surface area contributed by atoms with Crippen molar-refractivity contribution >= 4 is 17.5 Å². The molecule has 3 N–H and O–H groups in total. The van der Waals surface area contributed by atoms with E-state index >= 15 is 0 Å². The van der Waals surface area contributed by atoms with Crippen molar-refractivity contribution in [1.29, 1.82) is 0 Å². The van der Waals surface area contributed by atoms with Crippen LogP contribution in [0.15, 0.2) is 48.5 Å². The van der Waals surface area contributed by atoms with E-state index in [0.29, 0.717) is 24.6 Å². The first-order valence-electron chi connectivity index (χ1n) is 7.74. The molecule has 0 aromatic heterocycles. The predicted molar refractivity (Wildman–Crippen MR) is 93.5 cm³/mol. The molecule has 1 unspecified atom stereocenters. The van der Waals surface area contributed by atoms with E-state index in [1.165, 1.54) is 0 Å². The Kier molecular flexibility index (Phi) is 7.06. The summed E-state index contributed by atoms with van der Waals surface area (Å²) in [6.07, 6.45) is -0.732. The van der Waals surface area contributed by atoms with Crippen molar-refractivity contribution in [2.24, 2.45) is 0 Å². The highest BCUT2D eigenvalue weighted by Crippen LogP contribution is 2.19. The van der Waals surface area contributed by atoms with E-state index < -0.39 is 6.35 Å². The summed E-state index contributed by atoms with van der Waals surface area (Å²) in [7, 11) is 0. The Labute approximate surface area is 146 Å². The zero-order valence-electron chi connectivity index (χ0n) is 13.5. The van der Waals surface area contributed by atoms with Crippen LogP contribution in [0.5, 0.6) is 5.75 Å². The van der Waals surface area contributed by atoms with Gasteiger partial charge < -0.3 is 15.2 Å². The lowest BCUT2D eigenvalue weighted by Gasteiger charge is -2.14. The van der Waals surface area contributed by atoms with Gasteiger partial charge in [0.1, 0.15) is 12.4 Å². The third kappa shape index (κ3) is 5.85. The topological polar surface area (TPSA) is 70.6 Å². The van der Waals surface area contributed by atoms with Crippen molar-refractivity contribution < 1.29 is 14.6 Å². The van der Waals surface area contributed by atoms with Gasteiger partial charge in [0.2, 0.25) is 5.91 Å². The first-order valence-corrected chi connectivity index (χ1v) is 8.12. The van der Waals surface area contributed by atoms with Crippen LogP contribution in [0, 0.1) is 0 Å². The van der Waals surface area contributed by atoms with Gasteiger partial charge in [-0.2, -0.15) is 0 Å². The number of amides is 1. The molecule has 0 radical (unpaired) electrons. The molecule has 0 saturated heterocycles. The molecule has 0 saturated carbocycles. The summed E-state index contributed by atoms with van der Waals surface area (Å²) in [5, 5.41) is 15.5. The second-order valence-corrected chi connectivity index (χ2v) is 5.64. The van der Waals surface area contributed by atoms with Gasteiger partial charge in [0.15, 0.2) is 6.35 Å². The highest BCUT2D eigenvalue weighted by Gasteiger charge is 2.06. The Morgan fingerprint density at radius 1 is 1.21 bits per heavy atom. The number of ether oxygens (including phenoxy) is 1. The van der Waals surface area contributed by atoms with E-state index in [4.69, 9.17) is 16.3 Å². The Morgan fingerprint density at radius 2 is 1.92 bits per heavy atom. The van der Waals surface area contributed by atoms with Crippen LogP contribution in [0.25, 0.3) is 0 Å². The van der Waals surface area contributed by atoms with E-state index in [0.717, 1.165) is 16.9 Å². The molecule has 0 bridgehead atoms. The summed E-state index contributed by atoms with van der Waals surface area (Å²) >= 11 is 6.09. The molecular formula is C18H21ClN2O3. The van der Waals surface area contributed by atoms with Gasteiger partial charge in [0.25, 0.3) is 0 Å². The molecule has 0 aliphatic rings. The molecule has 128 valence electrons. The number of rotatable bonds is 8. The summed E-state index contributed by atoms with van der Waals surface area (Å²) in [4.78, 5) is 11.2. The maximum Gasteiger partial charge on any atom is 0.222 e. The van der Waals surface area contributed by atoms with Gasteiger partial charge in [-0.3, -0.25) is 10.1 Å². The second kappa shape index (κ2) is 9.27. The summed E-state index contributed by atoms with van der Waals surface area (Å²) in [6.45, 7) is 2.55. The molecular weight excluding hydrogens is 328 g/mol. The molecule has 0 aliphatic carbocycles. The van der Waals surface area contributed by atoms with Crippen LogP contribution in [0.2, 0.25) is 5.02 Å². The molecule has 1 atom stereocenters. The average Bonchev–Trinajstić information content (AvgIpc) is 2.60. The number of benzene rings is 2. The van der Waals surface area contributed by atoms with Crippen molar-refractivity contribution in [2.45, 2.75) is 32.8 Å². The fourth-order valence-corrected chi connectivity index (χ4v) is 2.19.